The van der Waals surface area contributed by atoms with Gasteiger partial charge in [0.05, 0.1) is 5.03 Å². The molecule has 144 valence electrons. The van der Waals surface area contributed by atoms with Crippen LogP contribution in [0.4, 0.5) is 5.69 Å². The molecule has 30 heavy (non-hydrogen) atoms. The number of nitrogens with one attached hydrogen (secondary N) is 1. The fourth-order valence-corrected chi connectivity index (χ4v) is 4.49. The third-order valence-electron chi connectivity index (χ3n) is 5.44. The lowest BCUT2D eigenvalue weighted by Gasteiger charge is -2.39. The first-order valence-corrected chi connectivity index (χ1v) is 10.0. The molecule has 1 atom stereocenters. The van der Waals surface area contributed by atoms with E-state index in [1.807, 2.05) is 65.6 Å². The molecule has 0 spiro atoms. The van der Waals surface area contributed by atoms with Crippen molar-refractivity contribution < 1.29 is 4.79 Å². The maximum absolute atomic E-state index is 12.8. The summed E-state index contributed by atoms with van der Waals surface area (Å²) in [5.74, 6) is -0.420. The predicted octanol–water partition coefficient (Wildman–Crippen LogP) is 5.29. The first kappa shape index (κ1) is 18.3. The smallest absolute Gasteiger partial charge is 0.266 e. The normalized spacial score (nSPS) is 16.6. The number of benzene rings is 4. The number of thiol groups is 1. The van der Waals surface area contributed by atoms with Crippen molar-refractivity contribution in [2.45, 2.75) is 6.17 Å². The second-order valence-electron chi connectivity index (χ2n) is 7.12. The number of rotatable bonds is 2. The summed E-state index contributed by atoms with van der Waals surface area (Å²) >= 11 is 4.62. The van der Waals surface area contributed by atoms with E-state index in [-0.39, 0.29) is 5.57 Å². The number of nitrogens with zero attached hydrogens (tertiary/aromatic N) is 2. The number of hydrogen-bond donors (Lipinski definition) is 2. The summed E-state index contributed by atoms with van der Waals surface area (Å²) in [5.41, 5.74) is 1.82. The fraction of sp³-hybridized carbons (Fsp3) is 0.0400. The van der Waals surface area contributed by atoms with E-state index in [0.29, 0.717) is 5.03 Å². The van der Waals surface area contributed by atoms with Crippen LogP contribution in [-0.2, 0) is 4.79 Å². The number of amides is 1. The molecule has 4 aromatic carbocycles. The van der Waals surface area contributed by atoms with Crippen molar-refractivity contribution in [3.05, 3.63) is 101 Å². The van der Waals surface area contributed by atoms with E-state index in [4.69, 9.17) is 0 Å². The van der Waals surface area contributed by atoms with Crippen LogP contribution in [0.3, 0.4) is 0 Å². The van der Waals surface area contributed by atoms with Crippen LogP contribution < -0.4 is 10.2 Å². The molecule has 1 unspecified atom stereocenters. The highest BCUT2D eigenvalue weighted by molar-refractivity contribution is 7.84. The number of carbonyl (C=O) groups excluding carboxylic acids is 1. The molecule has 0 radical (unpaired) electrons. The Morgan fingerprint density at radius 1 is 0.867 bits per heavy atom. The minimum absolute atomic E-state index is 0.00276. The van der Waals surface area contributed by atoms with E-state index in [9.17, 15) is 10.1 Å². The van der Waals surface area contributed by atoms with Crippen LogP contribution in [-0.4, -0.2) is 5.91 Å². The van der Waals surface area contributed by atoms with Crippen molar-refractivity contribution in [3.8, 4) is 6.07 Å². The summed E-state index contributed by atoms with van der Waals surface area (Å²) in [6, 6.07) is 30.1. The number of hydrogen-bond acceptors (Lipinski definition) is 4. The second kappa shape index (κ2) is 7.25. The van der Waals surface area contributed by atoms with E-state index in [0.717, 1.165) is 32.8 Å². The molecule has 0 fully saturated rings. The van der Waals surface area contributed by atoms with Crippen LogP contribution in [0.15, 0.2) is 95.5 Å². The molecule has 0 aromatic heterocycles. The van der Waals surface area contributed by atoms with Crippen molar-refractivity contribution in [2.75, 3.05) is 4.90 Å². The zero-order valence-corrected chi connectivity index (χ0v) is 16.8. The van der Waals surface area contributed by atoms with Crippen LogP contribution in [0.1, 0.15) is 11.7 Å². The van der Waals surface area contributed by atoms with Crippen molar-refractivity contribution >= 4 is 45.8 Å². The van der Waals surface area contributed by atoms with Crippen molar-refractivity contribution in [2.24, 2.45) is 0 Å². The summed E-state index contributed by atoms with van der Waals surface area (Å²) in [7, 11) is 0. The largest absolute Gasteiger partial charge is 0.327 e. The van der Waals surface area contributed by atoms with E-state index in [2.05, 4.69) is 48.3 Å². The monoisotopic (exact) mass is 407 g/mol. The Kier molecular flexibility index (Phi) is 4.42. The van der Waals surface area contributed by atoms with E-state index < -0.39 is 12.1 Å². The van der Waals surface area contributed by atoms with E-state index >= 15 is 0 Å². The zero-order valence-electron chi connectivity index (χ0n) is 15.9. The molecule has 1 aliphatic heterocycles. The minimum atomic E-state index is -0.513. The van der Waals surface area contributed by atoms with Gasteiger partial charge in [0, 0.05) is 11.3 Å². The van der Waals surface area contributed by atoms with E-state index in [1.54, 1.807) is 0 Å². The Morgan fingerprint density at radius 3 is 2.03 bits per heavy atom. The quantitative estimate of drug-likeness (QED) is 0.350. The number of para-hydroxylation sites is 1. The highest BCUT2D eigenvalue weighted by atomic mass is 32.1. The molecular formula is C25H17N3OS. The highest BCUT2D eigenvalue weighted by Crippen LogP contribution is 2.41. The molecule has 4 nitrogen and oxygen atoms in total. The third kappa shape index (κ3) is 2.81. The van der Waals surface area contributed by atoms with Crippen molar-refractivity contribution in [1.29, 1.82) is 5.26 Å². The first-order chi connectivity index (χ1) is 14.7. The van der Waals surface area contributed by atoms with Gasteiger partial charge in [0.15, 0.2) is 0 Å². The van der Waals surface area contributed by atoms with Crippen molar-refractivity contribution in [1.82, 2.24) is 5.32 Å². The second-order valence-corrected chi connectivity index (χ2v) is 7.55. The number of carbonyl (C=O) groups is 1. The molecule has 0 saturated carbocycles. The van der Waals surface area contributed by atoms with Crippen LogP contribution in [0.5, 0.6) is 0 Å². The van der Waals surface area contributed by atoms with Gasteiger partial charge in [-0.1, -0.05) is 66.7 Å². The molecule has 0 aliphatic carbocycles. The predicted molar refractivity (Wildman–Crippen MR) is 123 cm³/mol. The van der Waals surface area contributed by atoms with Gasteiger partial charge in [0.1, 0.15) is 17.8 Å². The molecule has 1 aliphatic rings. The molecule has 5 rings (SSSR count). The van der Waals surface area contributed by atoms with Crippen molar-refractivity contribution in [3.63, 3.8) is 0 Å². The Bertz CT molecular complexity index is 1320. The molecule has 1 N–H and O–H groups in total. The number of nitriles is 1. The lowest BCUT2D eigenvalue weighted by Crippen LogP contribution is -2.46. The molecular weight excluding hydrogens is 390 g/mol. The average molecular weight is 407 g/mol. The zero-order chi connectivity index (χ0) is 20.7. The summed E-state index contributed by atoms with van der Waals surface area (Å²) in [5, 5.41) is 17.2. The van der Waals surface area contributed by atoms with Gasteiger partial charge >= 0.3 is 0 Å². The van der Waals surface area contributed by atoms with Crippen LogP contribution in [0.2, 0.25) is 0 Å². The van der Waals surface area contributed by atoms with Gasteiger partial charge in [-0.3, -0.25) is 4.79 Å². The molecule has 1 amide bonds. The highest BCUT2D eigenvalue weighted by Gasteiger charge is 2.35. The molecule has 4 aromatic rings. The Labute approximate surface area is 179 Å². The third-order valence-corrected chi connectivity index (χ3v) is 5.88. The van der Waals surface area contributed by atoms with Gasteiger partial charge in [-0.25, -0.2) is 0 Å². The van der Waals surface area contributed by atoms with E-state index in [1.165, 1.54) is 0 Å². The number of anilines is 1. The molecule has 5 heteroatoms. The van der Waals surface area contributed by atoms with Gasteiger partial charge in [0.2, 0.25) is 0 Å². The van der Waals surface area contributed by atoms with Gasteiger partial charge in [-0.15, -0.1) is 12.6 Å². The fourth-order valence-electron chi connectivity index (χ4n) is 4.11. The number of fused-ring (bicyclic) bond motifs is 2. The topological polar surface area (TPSA) is 56.1 Å². The SMILES string of the molecule is N#CC1=C(S)N(c2ccccc2)C(c2c3ccccc3cc3ccccc23)NC1=O. The maximum Gasteiger partial charge on any atom is 0.266 e. The first-order valence-electron chi connectivity index (χ1n) is 9.58. The standard InChI is InChI=1S/C25H17N3OS/c26-15-21-24(29)27-23(28(25(21)30)18-10-2-1-3-11-18)22-19-12-6-4-8-16(19)14-17-9-5-7-13-20(17)22/h1-14,23,30H,(H,27,29). The molecule has 1 heterocycles. The molecule has 0 bridgehead atoms. The Morgan fingerprint density at radius 2 is 1.43 bits per heavy atom. The Hall–Kier alpha value is -3.75. The summed E-state index contributed by atoms with van der Waals surface area (Å²) in [6.07, 6.45) is -0.513. The summed E-state index contributed by atoms with van der Waals surface area (Å²) in [6.45, 7) is 0. The Balaban J connectivity index is 1.86. The maximum atomic E-state index is 12.8. The van der Waals surface area contributed by atoms with Gasteiger partial charge in [0.25, 0.3) is 5.91 Å². The van der Waals surface area contributed by atoms with Gasteiger partial charge < -0.3 is 10.2 Å². The summed E-state index contributed by atoms with van der Waals surface area (Å²) < 4.78 is 0. The van der Waals surface area contributed by atoms with Crippen LogP contribution in [0.25, 0.3) is 21.5 Å². The van der Waals surface area contributed by atoms with Gasteiger partial charge in [-0.05, 0) is 39.7 Å². The summed E-state index contributed by atoms with van der Waals surface area (Å²) in [4.78, 5) is 14.7. The average Bonchev–Trinajstić information content (AvgIpc) is 2.78. The lowest BCUT2D eigenvalue weighted by atomic mass is 9.93. The minimum Gasteiger partial charge on any atom is -0.327 e. The van der Waals surface area contributed by atoms with Gasteiger partial charge in [-0.2, -0.15) is 5.26 Å². The molecule has 0 saturated heterocycles. The van der Waals surface area contributed by atoms with Crippen LogP contribution >= 0.6 is 12.6 Å². The van der Waals surface area contributed by atoms with Crippen LogP contribution in [0, 0.1) is 11.3 Å². The lowest BCUT2D eigenvalue weighted by molar-refractivity contribution is -0.118.